The zero-order chi connectivity index (χ0) is 22.7. The smallest absolute Gasteiger partial charge is 0.239 e. The molecular weight excluding hydrogens is 445 g/mol. The Morgan fingerprint density at radius 2 is 1.23 bits per heavy atom. The molecule has 0 radical (unpaired) electrons. The van der Waals surface area contributed by atoms with Crippen molar-refractivity contribution in [3.63, 3.8) is 0 Å². The summed E-state index contributed by atoms with van der Waals surface area (Å²) in [5.41, 5.74) is 0.904. The lowest BCUT2D eigenvalue weighted by Crippen LogP contribution is -2.40. The average Bonchev–Trinajstić information content (AvgIpc) is 2.78. The topological polar surface area (TPSA) is 43.4 Å². The van der Waals surface area contributed by atoms with Gasteiger partial charge in [-0.05, 0) is 60.1 Å². The summed E-state index contributed by atoms with van der Waals surface area (Å²) in [7, 11) is -8.82. The third-order valence-corrected chi connectivity index (χ3v) is 10.0. The van der Waals surface area contributed by atoms with E-state index in [4.69, 9.17) is 3.63 Å². The van der Waals surface area contributed by atoms with Crippen molar-refractivity contribution in [2.45, 2.75) is 46.4 Å². The fourth-order valence-electron chi connectivity index (χ4n) is 3.05. The lowest BCUT2D eigenvalue weighted by Gasteiger charge is -2.40. The maximum Gasteiger partial charge on any atom is 0.401 e. The van der Waals surface area contributed by atoms with E-state index >= 15 is 0 Å². The summed E-state index contributed by atoms with van der Waals surface area (Å²) < 4.78 is 74.6. The van der Waals surface area contributed by atoms with Crippen LogP contribution in [0, 0.1) is 6.92 Å². The molecule has 0 aliphatic heterocycles. The molecule has 3 aromatic rings. The first kappa shape index (κ1) is 23.4. The largest absolute Gasteiger partial charge is 0.401 e. The van der Waals surface area contributed by atoms with Crippen molar-refractivity contribution < 1.29 is 25.2 Å². The lowest BCUT2D eigenvalue weighted by atomic mass is 10.2. The van der Waals surface area contributed by atoms with E-state index in [9.17, 15) is 21.6 Å². The number of rotatable bonds is 8. The van der Waals surface area contributed by atoms with Gasteiger partial charge < -0.3 is 0 Å². The van der Waals surface area contributed by atoms with Gasteiger partial charge >= 0.3 is 15.4 Å². The van der Waals surface area contributed by atoms with Crippen LogP contribution in [0.4, 0.5) is 13.2 Å². The van der Waals surface area contributed by atoms with Gasteiger partial charge in [0.1, 0.15) is 0 Å². The van der Waals surface area contributed by atoms with Gasteiger partial charge in [0.2, 0.25) is 0 Å². The van der Waals surface area contributed by atoms with Crippen LogP contribution in [0.2, 0.25) is 0 Å². The highest BCUT2D eigenvalue weighted by Gasteiger charge is 2.56. The third kappa shape index (κ3) is 4.37. The van der Waals surface area contributed by atoms with Crippen molar-refractivity contribution in [3.8, 4) is 0 Å². The molecule has 0 saturated heterocycles. The molecule has 0 spiro atoms. The Kier molecular flexibility index (Phi) is 6.83. The molecule has 0 heterocycles. The second-order valence-electron chi connectivity index (χ2n) is 6.96. The highest BCUT2D eigenvalue weighted by molar-refractivity contribution is 8.33. The van der Waals surface area contributed by atoms with Crippen LogP contribution in [0.25, 0.3) is 0 Å². The molecule has 0 aliphatic rings. The van der Waals surface area contributed by atoms with E-state index in [1.165, 1.54) is 0 Å². The van der Waals surface area contributed by atoms with Gasteiger partial charge in [-0.2, -0.15) is 17.2 Å². The van der Waals surface area contributed by atoms with Crippen molar-refractivity contribution in [3.05, 3.63) is 90.5 Å². The second-order valence-corrected chi connectivity index (χ2v) is 11.5. The second kappa shape index (κ2) is 9.06. The van der Waals surface area contributed by atoms with Crippen LogP contribution >= 0.6 is 10.3 Å². The molecule has 166 valence electrons. The molecule has 0 aliphatic carbocycles. The summed E-state index contributed by atoms with van der Waals surface area (Å²) >= 11 is 0. The van der Waals surface area contributed by atoms with Crippen LogP contribution < -0.4 is 0 Å². The number of halogens is 3. The van der Waals surface area contributed by atoms with Crippen LogP contribution in [0.1, 0.15) is 18.9 Å². The first-order valence-corrected chi connectivity index (χ1v) is 12.6. The minimum atomic E-state index is -5.65. The number of aryl methyl sites for hydroxylation is 1. The molecule has 0 amide bonds. The number of hydrogen-bond acceptors (Lipinski definition) is 3. The van der Waals surface area contributed by atoms with Crippen LogP contribution in [0.15, 0.2) is 99.6 Å². The first-order valence-electron chi connectivity index (χ1n) is 9.63. The van der Waals surface area contributed by atoms with Gasteiger partial charge in [-0.3, -0.25) is 0 Å². The Morgan fingerprint density at radius 1 is 0.806 bits per heavy atom. The zero-order valence-corrected chi connectivity index (χ0v) is 18.7. The maximum atomic E-state index is 14.7. The van der Waals surface area contributed by atoms with E-state index in [1.54, 1.807) is 84.9 Å². The summed E-state index contributed by atoms with van der Waals surface area (Å²) in [6.07, 6.45) is -3.56. The van der Waals surface area contributed by atoms with Gasteiger partial charge in [-0.25, -0.2) is 8.02 Å². The molecule has 1 atom stereocenters. The summed E-state index contributed by atoms with van der Waals surface area (Å²) in [4.78, 5) is 1.20. The third-order valence-electron chi connectivity index (χ3n) is 4.75. The van der Waals surface area contributed by atoms with Gasteiger partial charge in [0.25, 0.3) is 0 Å². The van der Waals surface area contributed by atoms with E-state index in [1.807, 2.05) is 6.92 Å². The Hall–Kier alpha value is -2.29. The van der Waals surface area contributed by atoms with E-state index in [0.717, 1.165) is 12.5 Å². The maximum absolute atomic E-state index is 14.7. The molecular formula is C23H23F3O3S2. The predicted molar refractivity (Wildman–Crippen MR) is 117 cm³/mol. The molecule has 0 aromatic heterocycles. The Labute approximate surface area is 182 Å². The quantitative estimate of drug-likeness (QED) is 0.362. The van der Waals surface area contributed by atoms with Crippen molar-refractivity contribution in [2.75, 3.05) is 0 Å². The molecule has 3 nitrogen and oxygen atoms in total. The standard InChI is InChI=1S/C23H23F3O3S2/c1-3-22(24)23(25,26)31(27,28)29-30(19-10-6-4-7-11-19,20-12-8-5-9-13-20)21-16-14-18(2)15-17-21/h4-17,22H,3H2,1-2H3. The molecule has 0 saturated carbocycles. The van der Waals surface area contributed by atoms with E-state index in [-0.39, 0.29) is 0 Å². The van der Waals surface area contributed by atoms with Gasteiger partial charge in [0.05, 0.1) is 0 Å². The minimum absolute atomic E-state index is 0.399. The summed E-state index contributed by atoms with van der Waals surface area (Å²) in [5.74, 6) is 0. The van der Waals surface area contributed by atoms with Gasteiger partial charge in [-0.1, -0.05) is 61.0 Å². The molecule has 31 heavy (non-hydrogen) atoms. The Balaban J connectivity index is 2.34. The molecule has 8 heteroatoms. The molecule has 3 aromatic carbocycles. The van der Waals surface area contributed by atoms with Crippen molar-refractivity contribution >= 4 is 20.4 Å². The highest BCUT2D eigenvalue weighted by Crippen LogP contribution is 2.70. The van der Waals surface area contributed by atoms with Crippen LogP contribution in [0.5, 0.6) is 0 Å². The Morgan fingerprint density at radius 3 is 1.65 bits per heavy atom. The molecule has 3 rings (SSSR count). The molecule has 1 unspecified atom stereocenters. The number of hydrogen-bond donors (Lipinski definition) is 0. The van der Waals surface area contributed by atoms with Crippen LogP contribution in [-0.2, 0) is 13.7 Å². The fourth-order valence-corrected chi connectivity index (χ4v) is 8.33. The Bertz CT molecular complexity index is 1060. The average molecular weight is 469 g/mol. The minimum Gasteiger partial charge on any atom is -0.239 e. The SMILES string of the molecule is CCC(F)C(F)(F)S(=O)(=O)OS(c1ccccc1)(c1ccccc1)c1ccc(C)cc1. The van der Waals surface area contributed by atoms with E-state index in [2.05, 4.69) is 0 Å². The van der Waals surface area contributed by atoms with Crippen molar-refractivity contribution in [1.29, 1.82) is 0 Å². The van der Waals surface area contributed by atoms with E-state index in [0.29, 0.717) is 14.7 Å². The van der Waals surface area contributed by atoms with Crippen molar-refractivity contribution in [1.82, 2.24) is 0 Å². The van der Waals surface area contributed by atoms with Gasteiger partial charge in [-0.15, -0.1) is 0 Å². The monoisotopic (exact) mass is 468 g/mol. The molecule has 0 fully saturated rings. The van der Waals surface area contributed by atoms with Crippen LogP contribution in [0.3, 0.4) is 0 Å². The van der Waals surface area contributed by atoms with Gasteiger partial charge in [0.15, 0.2) is 6.17 Å². The number of benzene rings is 3. The lowest BCUT2D eigenvalue weighted by molar-refractivity contribution is -0.00248. The zero-order valence-electron chi connectivity index (χ0n) is 17.0. The molecule has 0 bridgehead atoms. The summed E-state index contributed by atoms with van der Waals surface area (Å²) in [6, 6.07) is 23.5. The summed E-state index contributed by atoms with van der Waals surface area (Å²) in [5, 5.41) is -4.70. The normalized spacial score (nSPS) is 14.2. The number of alkyl halides is 3. The van der Waals surface area contributed by atoms with Crippen molar-refractivity contribution in [2.24, 2.45) is 0 Å². The first-order chi connectivity index (χ1) is 14.6. The fraction of sp³-hybridized carbons (Fsp3) is 0.217. The van der Waals surface area contributed by atoms with Gasteiger partial charge in [0, 0.05) is 14.7 Å². The summed E-state index contributed by atoms with van der Waals surface area (Å²) in [6.45, 7) is 3.01. The molecule has 0 N–H and O–H groups in total. The van der Waals surface area contributed by atoms with E-state index < -0.39 is 38.3 Å². The highest BCUT2D eigenvalue weighted by atomic mass is 32.3. The van der Waals surface area contributed by atoms with Crippen LogP contribution in [-0.4, -0.2) is 19.8 Å². The predicted octanol–water partition coefficient (Wildman–Crippen LogP) is 6.88.